The number of hydrogen-bond acceptors (Lipinski definition) is 4. The van der Waals surface area contributed by atoms with Crippen LogP contribution in [0.3, 0.4) is 0 Å². The molecular formula is C29H44O4. The number of aliphatic hydroxyl groups is 2. The van der Waals surface area contributed by atoms with Crippen LogP contribution in [0.15, 0.2) is 57.2 Å². The first-order valence-corrected chi connectivity index (χ1v) is 12.2. The van der Waals surface area contributed by atoms with Gasteiger partial charge >= 0.3 is 0 Å². The first-order chi connectivity index (χ1) is 15.4. The third kappa shape index (κ3) is 9.77. The lowest BCUT2D eigenvalue weighted by molar-refractivity contribution is -0.116. The molecule has 184 valence electrons. The highest BCUT2D eigenvalue weighted by Gasteiger charge is 2.29. The van der Waals surface area contributed by atoms with E-state index in [0.29, 0.717) is 41.6 Å². The van der Waals surface area contributed by atoms with Crippen LogP contribution >= 0.6 is 0 Å². The number of carbonyl (C=O) groups excluding carboxylic acids is 2. The van der Waals surface area contributed by atoms with Gasteiger partial charge in [-0.25, -0.2) is 0 Å². The highest BCUT2D eigenvalue weighted by atomic mass is 16.3. The molecule has 33 heavy (non-hydrogen) atoms. The van der Waals surface area contributed by atoms with Crippen molar-refractivity contribution >= 4 is 11.6 Å². The van der Waals surface area contributed by atoms with E-state index in [0.717, 1.165) is 37.7 Å². The molecule has 4 heteroatoms. The van der Waals surface area contributed by atoms with E-state index in [1.807, 2.05) is 13.8 Å². The Morgan fingerprint density at radius 2 is 1.24 bits per heavy atom. The highest BCUT2D eigenvalue weighted by molar-refractivity contribution is 6.24. The summed E-state index contributed by atoms with van der Waals surface area (Å²) in [5.41, 5.74) is 4.96. The molecule has 0 amide bonds. The zero-order valence-electron chi connectivity index (χ0n) is 21.8. The molecule has 0 aliphatic heterocycles. The van der Waals surface area contributed by atoms with E-state index in [4.69, 9.17) is 5.11 Å². The number of Topliss-reactive ketones (excluding diaryl/α,β-unsaturated/α-hetero) is 2. The summed E-state index contributed by atoms with van der Waals surface area (Å²) in [7, 11) is 0. The monoisotopic (exact) mass is 456 g/mol. The maximum Gasteiger partial charge on any atom is 0.185 e. The molecule has 0 spiro atoms. The van der Waals surface area contributed by atoms with Gasteiger partial charge in [0.15, 0.2) is 11.6 Å². The Kier molecular flexibility index (Phi) is 12.0. The molecule has 0 radical (unpaired) electrons. The standard InChI is InChI=1S/C29H44O4/c1-20(13-9-14-22(3)19-30)11-8-12-21(2)15-10-17-29(7,33)18-16-26-25(6)27(31)23(4)24(5)28(26)32/h11,14-15,30,33H,8-10,12-13,16-19H2,1-7H3. The van der Waals surface area contributed by atoms with E-state index < -0.39 is 5.60 Å². The maximum atomic E-state index is 12.6. The number of carbonyl (C=O) groups is 2. The van der Waals surface area contributed by atoms with Gasteiger partial charge in [0.05, 0.1) is 12.2 Å². The van der Waals surface area contributed by atoms with Gasteiger partial charge in [-0.15, -0.1) is 0 Å². The van der Waals surface area contributed by atoms with Gasteiger partial charge in [-0.05, 0) is 99.8 Å². The van der Waals surface area contributed by atoms with Crippen LogP contribution in [0, 0.1) is 0 Å². The zero-order valence-corrected chi connectivity index (χ0v) is 21.8. The Morgan fingerprint density at radius 1 is 0.758 bits per heavy atom. The van der Waals surface area contributed by atoms with Gasteiger partial charge in [0.2, 0.25) is 0 Å². The second-order valence-corrected chi connectivity index (χ2v) is 9.93. The summed E-state index contributed by atoms with van der Waals surface area (Å²) in [5.74, 6) is -0.111. The van der Waals surface area contributed by atoms with Crippen LogP contribution < -0.4 is 0 Å². The van der Waals surface area contributed by atoms with E-state index in [1.54, 1.807) is 20.8 Å². The SMILES string of the molecule is CC(=CCCC(C)=CCCC(C)=CCCC(C)(O)CCC1=C(C)C(=O)C(C)=C(C)C1=O)CO. The lowest BCUT2D eigenvalue weighted by Crippen LogP contribution is -2.26. The minimum absolute atomic E-state index is 0.0543. The van der Waals surface area contributed by atoms with E-state index >= 15 is 0 Å². The molecule has 4 nitrogen and oxygen atoms in total. The van der Waals surface area contributed by atoms with E-state index in [1.165, 1.54) is 11.1 Å². The molecule has 1 aliphatic carbocycles. The zero-order chi connectivity index (χ0) is 25.2. The van der Waals surface area contributed by atoms with Crippen molar-refractivity contribution in [3.05, 3.63) is 57.2 Å². The largest absolute Gasteiger partial charge is 0.392 e. The molecule has 1 atom stereocenters. The third-order valence-corrected chi connectivity index (χ3v) is 6.71. The molecular weight excluding hydrogens is 412 g/mol. The summed E-state index contributed by atoms with van der Waals surface area (Å²) < 4.78 is 0. The second-order valence-electron chi connectivity index (χ2n) is 9.93. The average molecular weight is 457 g/mol. The van der Waals surface area contributed by atoms with Crippen LogP contribution in [0.25, 0.3) is 0 Å². The van der Waals surface area contributed by atoms with E-state index in [2.05, 4.69) is 32.1 Å². The Hall–Kier alpha value is -2.04. The number of aliphatic hydroxyl groups excluding tert-OH is 1. The van der Waals surface area contributed by atoms with Gasteiger partial charge in [0.25, 0.3) is 0 Å². The van der Waals surface area contributed by atoms with Crippen LogP contribution in [-0.2, 0) is 9.59 Å². The topological polar surface area (TPSA) is 74.6 Å². The number of allylic oxidation sites excluding steroid dienone is 9. The van der Waals surface area contributed by atoms with E-state index in [-0.39, 0.29) is 18.2 Å². The molecule has 0 bridgehead atoms. The molecule has 2 N–H and O–H groups in total. The normalized spacial score (nSPS) is 18.4. The van der Waals surface area contributed by atoms with Crippen molar-refractivity contribution in [3.63, 3.8) is 0 Å². The van der Waals surface area contributed by atoms with Crippen molar-refractivity contribution in [3.8, 4) is 0 Å². The number of ketones is 2. The van der Waals surface area contributed by atoms with Crippen LogP contribution in [0.1, 0.15) is 99.8 Å². The lowest BCUT2D eigenvalue weighted by Gasteiger charge is -2.25. The Bertz CT molecular complexity index is 875. The van der Waals surface area contributed by atoms with Crippen molar-refractivity contribution in [2.45, 2.75) is 105 Å². The fraction of sp³-hybridized carbons (Fsp3) is 0.586. The van der Waals surface area contributed by atoms with Crippen molar-refractivity contribution in [2.24, 2.45) is 0 Å². The smallest absolute Gasteiger partial charge is 0.185 e. The lowest BCUT2D eigenvalue weighted by atomic mass is 9.82. The molecule has 1 unspecified atom stereocenters. The molecule has 1 aliphatic rings. The first kappa shape index (κ1) is 29.0. The minimum atomic E-state index is -0.881. The second kappa shape index (κ2) is 13.6. The average Bonchev–Trinajstić information content (AvgIpc) is 2.76. The summed E-state index contributed by atoms with van der Waals surface area (Å²) in [6.07, 6.45) is 12.8. The summed E-state index contributed by atoms with van der Waals surface area (Å²) in [6, 6.07) is 0. The highest BCUT2D eigenvalue weighted by Crippen LogP contribution is 2.30. The molecule has 0 aromatic carbocycles. The molecule has 0 aromatic rings. The van der Waals surface area contributed by atoms with Gasteiger partial charge in [-0.2, -0.15) is 0 Å². The van der Waals surface area contributed by atoms with Crippen LogP contribution in [0.2, 0.25) is 0 Å². The predicted molar refractivity (Wildman–Crippen MR) is 137 cm³/mol. The summed E-state index contributed by atoms with van der Waals surface area (Å²) in [5, 5.41) is 19.8. The van der Waals surface area contributed by atoms with Crippen LogP contribution in [0.5, 0.6) is 0 Å². The van der Waals surface area contributed by atoms with Gasteiger partial charge < -0.3 is 10.2 Å². The summed E-state index contributed by atoms with van der Waals surface area (Å²) in [4.78, 5) is 24.9. The summed E-state index contributed by atoms with van der Waals surface area (Å²) >= 11 is 0. The Balaban J connectivity index is 2.47. The van der Waals surface area contributed by atoms with Crippen molar-refractivity contribution in [1.29, 1.82) is 0 Å². The molecule has 0 saturated carbocycles. The Morgan fingerprint density at radius 3 is 1.79 bits per heavy atom. The number of hydrogen-bond donors (Lipinski definition) is 2. The molecule has 1 rings (SSSR count). The maximum absolute atomic E-state index is 12.6. The van der Waals surface area contributed by atoms with Crippen LogP contribution in [0.4, 0.5) is 0 Å². The van der Waals surface area contributed by atoms with Crippen molar-refractivity contribution in [1.82, 2.24) is 0 Å². The predicted octanol–water partition coefficient (Wildman–Crippen LogP) is 6.49. The quantitative estimate of drug-likeness (QED) is 0.245. The van der Waals surface area contributed by atoms with Gasteiger partial charge in [-0.1, -0.05) is 34.9 Å². The van der Waals surface area contributed by atoms with Gasteiger partial charge in [0, 0.05) is 22.3 Å². The molecule has 0 aromatic heterocycles. The van der Waals surface area contributed by atoms with Crippen molar-refractivity contribution < 1.29 is 19.8 Å². The van der Waals surface area contributed by atoms with Crippen LogP contribution in [-0.4, -0.2) is 34.0 Å². The van der Waals surface area contributed by atoms with E-state index in [9.17, 15) is 14.7 Å². The molecule has 0 saturated heterocycles. The first-order valence-electron chi connectivity index (χ1n) is 12.2. The van der Waals surface area contributed by atoms with Crippen molar-refractivity contribution in [2.75, 3.05) is 6.61 Å². The van der Waals surface area contributed by atoms with Gasteiger partial charge in [0.1, 0.15) is 0 Å². The molecule has 0 heterocycles. The number of rotatable bonds is 13. The van der Waals surface area contributed by atoms with Gasteiger partial charge in [-0.3, -0.25) is 9.59 Å². The third-order valence-electron chi connectivity index (χ3n) is 6.71. The fourth-order valence-corrected chi connectivity index (χ4v) is 3.97. The Labute approximate surface area is 200 Å². The fourth-order valence-electron chi connectivity index (χ4n) is 3.97. The molecule has 0 fully saturated rings. The summed E-state index contributed by atoms with van der Waals surface area (Å²) in [6.45, 7) is 13.3. The minimum Gasteiger partial charge on any atom is -0.392 e.